The Labute approximate surface area is 98.0 Å². The minimum absolute atomic E-state index is 0.370. The zero-order valence-corrected chi connectivity index (χ0v) is 9.40. The third-order valence-corrected chi connectivity index (χ3v) is 2.44. The Balaban J connectivity index is 2.58. The molecular formula is C11H10ClN3O. The Morgan fingerprint density at radius 2 is 2.06 bits per heavy atom. The van der Waals surface area contributed by atoms with Gasteiger partial charge in [0.05, 0.1) is 35.8 Å². The van der Waals surface area contributed by atoms with Gasteiger partial charge in [-0.1, -0.05) is 17.7 Å². The van der Waals surface area contributed by atoms with Crippen LogP contribution in [0.3, 0.4) is 0 Å². The average Bonchev–Trinajstić information content (AvgIpc) is 2.30. The van der Waals surface area contributed by atoms with Crippen molar-refractivity contribution in [2.24, 2.45) is 0 Å². The quantitative estimate of drug-likeness (QED) is 0.868. The maximum absolute atomic E-state index is 6.10. The highest BCUT2D eigenvalue weighted by Crippen LogP contribution is 2.34. The van der Waals surface area contributed by atoms with Crippen LogP contribution in [0.1, 0.15) is 0 Å². The predicted molar refractivity (Wildman–Crippen MR) is 63.4 cm³/mol. The molecule has 0 spiro atoms. The van der Waals surface area contributed by atoms with E-state index >= 15 is 0 Å². The number of aromatic nitrogens is 2. The summed E-state index contributed by atoms with van der Waals surface area (Å²) in [5, 5.41) is 0.568. The molecule has 16 heavy (non-hydrogen) atoms. The van der Waals surface area contributed by atoms with E-state index < -0.39 is 0 Å². The van der Waals surface area contributed by atoms with Crippen LogP contribution in [0.25, 0.3) is 11.3 Å². The Hall–Kier alpha value is -1.81. The first-order valence-corrected chi connectivity index (χ1v) is 5.00. The number of methoxy groups -OCH3 is 1. The third-order valence-electron chi connectivity index (χ3n) is 2.12. The Bertz CT molecular complexity index is 499. The normalized spacial score (nSPS) is 10.1. The number of ether oxygens (including phenoxy) is 1. The van der Waals surface area contributed by atoms with Gasteiger partial charge >= 0.3 is 0 Å². The van der Waals surface area contributed by atoms with Gasteiger partial charge < -0.3 is 10.5 Å². The monoisotopic (exact) mass is 235 g/mol. The number of rotatable bonds is 2. The van der Waals surface area contributed by atoms with Crippen LogP contribution in [0.2, 0.25) is 5.02 Å². The lowest BCUT2D eigenvalue weighted by atomic mass is 10.1. The van der Waals surface area contributed by atoms with E-state index in [9.17, 15) is 0 Å². The molecule has 0 aliphatic rings. The van der Waals surface area contributed by atoms with Crippen molar-refractivity contribution in [3.8, 4) is 17.0 Å². The van der Waals surface area contributed by atoms with Gasteiger partial charge in [-0.05, 0) is 12.1 Å². The molecule has 5 heteroatoms. The molecular weight excluding hydrogens is 226 g/mol. The van der Waals surface area contributed by atoms with Crippen LogP contribution in [0, 0.1) is 0 Å². The van der Waals surface area contributed by atoms with Crippen LogP contribution < -0.4 is 10.5 Å². The molecule has 82 valence electrons. The molecule has 0 bridgehead atoms. The first-order chi connectivity index (χ1) is 7.72. The Morgan fingerprint density at radius 3 is 2.69 bits per heavy atom. The van der Waals surface area contributed by atoms with Crippen molar-refractivity contribution in [2.45, 2.75) is 0 Å². The van der Waals surface area contributed by atoms with E-state index in [1.165, 1.54) is 6.20 Å². The summed E-state index contributed by atoms with van der Waals surface area (Å²) < 4.78 is 5.23. The van der Waals surface area contributed by atoms with Gasteiger partial charge in [-0.15, -0.1) is 0 Å². The van der Waals surface area contributed by atoms with E-state index in [2.05, 4.69) is 9.97 Å². The van der Waals surface area contributed by atoms with Crippen LogP contribution >= 0.6 is 11.6 Å². The molecule has 1 aromatic carbocycles. The first-order valence-electron chi connectivity index (χ1n) is 4.63. The van der Waals surface area contributed by atoms with Crippen LogP contribution in [0.4, 0.5) is 5.82 Å². The summed E-state index contributed by atoms with van der Waals surface area (Å²) in [4.78, 5) is 8.14. The maximum Gasteiger partial charge on any atom is 0.141 e. The van der Waals surface area contributed by atoms with Crippen molar-refractivity contribution in [2.75, 3.05) is 12.8 Å². The van der Waals surface area contributed by atoms with Gasteiger partial charge in [-0.2, -0.15) is 0 Å². The molecule has 0 saturated heterocycles. The van der Waals surface area contributed by atoms with E-state index in [0.29, 0.717) is 22.3 Å². The van der Waals surface area contributed by atoms with Crippen LogP contribution in [0.15, 0.2) is 30.6 Å². The predicted octanol–water partition coefficient (Wildman–Crippen LogP) is 2.39. The van der Waals surface area contributed by atoms with Crippen molar-refractivity contribution in [3.63, 3.8) is 0 Å². The molecule has 1 heterocycles. The number of nitrogen functional groups attached to an aromatic ring is 1. The number of hydrogen-bond donors (Lipinski definition) is 1. The van der Waals surface area contributed by atoms with Gasteiger partial charge in [0.2, 0.25) is 0 Å². The van der Waals surface area contributed by atoms with Gasteiger partial charge in [-0.25, -0.2) is 4.98 Å². The van der Waals surface area contributed by atoms with Gasteiger partial charge in [0, 0.05) is 0 Å². The van der Waals surface area contributed by atoms with Crippen LogP contribution in [-0.2, 0) is 0 Å². The largest absolute Gasteiger partial charge is 0.496 e. The number of anilines is 1. The molecule has 2 aromatic rings. The van der Waals surface area contributed by atoms with E-state index in [0.717, 1.165) is 5.56 Å². The summed E-state index contributed by atoms with van der Waals surface area (Å²) >= 11 is 6.10. The van der Waals surface area contributed by atoms with Crippen molar-refractivity contribution in [3.05, 3.63) is 35.6 Å². The summed E-state index contributed by atoms with van der Waals surface area (Å²) in [7, 11) is 1.58. The minimum atomic E-state index is 0.370. The number of halogens is 1. The SMILES string of the molecule is COc1cccc(Cl)c1-c1cnc(N)cn1. The summed E-state index contributed by atoms with van der Waals surface area (Å²) in [5.74, 6) is 1.03. The molecule has 0 aliphatic heterocycles. The van der Waals surface area contributed by atoms with Crippen molar-refractivity contribution < 1.29 is 4.74 Å². The molecule has 4 nitrogen and oxygen atoms in total. The maximum atomic E-state index is 6.10. The summed E-state index contributed by atoms with van der Waals surface area (Å²) in [6.45, 7) is 0. The number of benzene rings is 1. The molecule has 0 radical (unpaired) electrons. The smallest absolute Gasteiger partial charge is 0.141 e. The lowest BCUT2D eigenvalue weighted by Crippen LogP contribution is -1.95. The van der Waals surface area contributed by atoms with E-state index in [1.54, 1.807) is 19.4 Å². The summed E-state index contributed by atoms with van der Waals surface area (Å²) in [6, 6.07) is 5.41. The second-order valence-electron chi connectivity index (χ2n) is 3.14. The van der Waals surface area contributed by atoms with Crippen molar-refractivity contribution in [1.82, 2.24) is 9.97 Å². The zero-order valence-electron chi connectivity index (χ0n) is 8.64. The Morgan fingerprint density at radius 1 is 1.25 bits per heavy atom. The number of hydrogen-bond acceptors (Lipinski definition) is 4. The highest BCUT2D eigenvalue weighted by Gasteiger charge is 2.11. The van der Waals surface area contributed by atoms with Crippen LogP contribution in [0.5, 0.6) is 5.75 Å². The fraction of sp³-hybridized carbons (Fsp3) is 0.0909. The highest BCUT2D eigenvalue weighted by molar-refractivity contribution is 6.33. The molecule has 0 amide bonds. The number of nitrogens with two attached hydrogens (primary N) is 1. The molecule has 0 aliphatic carbocycles. The average molecular weight is 236 g/mol. The van der Waals surface area contributed by atoms with Crippen molar-refractivity contribution >= 4 is 17.4 Å². The second-order valence-corrected chi connectivity index (χ2v) is 3.55. The van der Waals surface area contributed by atoms with E-state index in [1.807, 2.05) is 12.1 Å². The topological polar surface area (TPSA) is 61.0 Å². The molecule has 2 N–H and O–H groups in total. The molecule has 1 aromatic heterocycles. The fourth-order valence-electron chi connectivity index (χ4n) is 1.39. The lowest BCUT2D eigenvalue weighted by molar-refractivity contribution is 0.416. The van der Waals surface area contributed by atoms with E-state index in [-0.39, 0.29) is 0 Å². The second kappa shape index (κ2) is 4.37. The lowest BCUT2D eigenvalue weighted by Gasteiger charge is -2.09. The summed E-state index contributed by atoms with van der Waals surface area (Å²) in [5.41, 5.74) is 6.83. The standard InChI is InChI=1S/C11H10ClN3O/c1-16-9-4-2-3-7(12)11(9)8-5-15-10(13)6-14-8/h2-6H,1H3,(H2,13,15). The molecule has 0 saturated carbocycles. The number of nitrogens with zero attached hydrogens (tertiary/aromatic N) is 2. The first kappa shape index (κ1) is 10.7. The minimum Gasteiger partial charge on any atom is -0.496 e. The molecule has 2 rings (SSSR count). The van der Waals surface area contributed by atoms with E-state index in [4.69, 9.17) is 22.1 Å². The van der Waals surface area contributed by atoms with Crippen molar-refractivity contribution in [1.29, 1.82) is 0 Å². The Kier molecular flexibility index (Phi) is 2.92. The van der Waals surface area contributed by atoms with Crippen LogP contribution in [-0.4, -0.2) is 17.1 Å². The summed E-state index contributed by atoms with van der Waals surface area (Å²) in [6.07, 6.45) is 3.05. The highest BCUT2D eigenvalue weighted by atomic mass is 35.5. The molecule has 0 unspecified atom stereocenters. The zero-order chi connectivity index (χ0) is 11.5. The van der Waals surface area contributed by atoms with Gasteiger partial charge in [-0.3, -0.25) is 4.98 Å². The van der Waals surface area contributed by atoms with Gasteiger partial charge in [0.15, 0.2) is 0 Å². The molecule has 0 atom stereocenters. The third kappa shape index (κ3) is 1.92. The molecule has 0 fully saturated rings. The van der Waals surface area contributed by atoms with Gasteiger partial charge in [0.25, 0.3) is 0 Å². The fourth-order valence-corrected chi connectivity index (χ4v) is 1.65. The van der Waals surface area contributed by atoms with Gasteiger partial charge in [0.1, 0.15) is 11.6 Å².